The number of halogens is 1. The van der Waals surface area contributed by atoms with E-state index in [9.17, 15) is 14.4 Å². The molecular weight excluding hydrogens is 448 g/mol. The third-order valence-corrected chi connectivity index (χ3v) is 6.67. The number of hydrazine groups is 2. The Balaban J connectivity index is 2.36. The number of fused-ring (bicyclic) bond motifs is 2. The van der Waals surface area contributed by atoms with Crippen LogP contribution in [0.15, 0.2) is 0 Å². The number of Topliss-reactive ketones (excluding diaryl/α,β-unsaturated/α-hetero) is 1. The smallest absolute Gasteiger partial charge is 0.240 e. The zero-order valence-corrected chi connectivity index (χ0v) is 20.0. The molecule has 1 aromatic carbocycles. The molecule has 0 aliphatic carbocycles. The number of hydrogen-bond donors (Lipinski definition) is 0. The van der Waals surface area contributed by atoms with E-state index in [4.69, 9.17) is 11.6 Å². The largest absolute Gasteiger partial charge is 0.294 e. The summed E-state index contributed by atoms with van der Waals surface area (Å²) < 4.78 is 1.16. The fourth-order valence-corrected chi connectivity index (χ4v) is 6.18. The number of anilines is 2. The predicted molar refractivity (Wildman–Crippen MR) is 122 cm³/mol. The minimum atomic E-state index is -0.218. The summed E-state index contributed by atoms with van der Waals surface area (Å²) in [5.74, 6) is -0.611. The molecule has 0 unspecified atom stereocenters. The first-order chi connectivity index (χ1) is 14.0. The van der Waals surface area contributed by atoms with Crippen LogP contribution in [0.1, 0.15) is 31.1 Å². The molecule has 0 N–H and O–H groups in total. The van der Waals surface area contributed by atoms with Crippen LogP contribution in [0, 0.1) is 0 Å². The molecule has 0 spiro atoms. The maximum absolute atomic E-state index is 12.6. The number of benzene rings is 1. The van der Waals surface area contributed by atoms with Crippen molar-refractivity contribution in [3.05, 3.63) is 10.6 Å². The van der Waals surface area contributed by atoms with Crippen molar-refractivity contribution in [2.45, 2.75) is 20.8 Å². The summed E-state index contributed by atoms with van der Waals surface area (Å²) >= 11 is 9.07. The van der Waals surface area contributed by atoms with E-state index in [-0.39, 0.29) is 22.6 Å². The average molecular weight is 469 g/mol. The van der Waals surface area contributed by atoms with E-state index in [2.05, 4.69) is 9.97 Å². The second-order valence-electron chi connectivity index (χ2n) is 6.95. The van der Waals surface area contributed by atoms with Crippen LogP contribution in [0.5, 0.6) is 0 Å². The Kier molecular flexibility index (Phi) is 6.12. The normalized spacial score (nSPS) is 11.7. The van der Waals surface area contributed by atoms with Gasteiger partial charge in [-0.25, -0.2) is 30.0 Å². The van der Waals surface area contributed by atoms with Gasteiger partial charge in [-0.3, -0.25) is 14.4 Å². The van der Waals surface area contributed by atoms with E-state index in [1.165, 1.54) is 53.5 Å². The molecule has 30 heavy (non-hydrogen) atoms. The summed E-state index contributed by atoms with van der Waals surface area (Å²) in [4.78, 5) is 45.9. The van der Waals surface area contributed by atoms with Gasteiger partial charge < -0.3 is 0 Å². The van der Waals surface area contributed by atoms with Gasteiger partial charge in [0.1, 0.15) is 11.0 Å². The highest BCUT2D eigenvalue weighted by molar-refractivity contribution is 7.25. The zero-order valence-electron chi connectivity index (χ0n) is 17.6. The van der Waals surface area contributed by atoms with E-state index >= 15 is 0 Å². The molecule has 0 saturated carbocycles. The van der Waals surface area contributed by atoms with Gasteiger partial charge >= 0.3 is 0 Å². The summed E-state index contributed by atoms with van der Waals surface area (Å²) in [7, 11) is 6.91. The Morgan fingerprint density at radius 2 is 1.13 bits per heavy atom. The molecule has 0 atom stereocenters. The Morgan fingerprint density at radius 1 is 0.767 bits per heavy atom. The van der Waals surface area contributed by atoms with Crippen molar-refractivity contribution in [2.75, 3.05) is 38.2 Å². The Bertz CT molecular complexity index is 1100. The first kappa shape index (κ1) is 22.5. The van der Waals surface area contributed by atoms with Crippen LogP contribution < -0.4 is 10.0 Å². The van der Waals surface area contributed by atoms with E-state index in [0.29, 0.717) is 36.3 Å². The predicted octanol–water partition coefficient (Wildman–Crippen LogP) is 3.42. The monoisotopic (exact) mass is 468 g/mol. The van der Waals surface area contributed by atoms with Gasteiger partial charge in [0.2, 0.25) is 22.1 Å². The van der Waals surface area contributed by atoms with Crippen LogP contribution in [0.25, 0.3) is 20.4 Å². The molecule has 0 bridgehead atoms. The summed E-state index contributed by atoms with van der Waals surface area (Å²) in [5.41, 5.74) is 1.23. The number of amides is 2. The lowest BCUT2D eigenvalue weighted by atomic mass is 10.1. The van der Waals surface area contributed by atoms with Crippen LogP contribution in [0.2, 0.25) is 5.02 Å². The van der Waals surface area contributed by atoms with E-state index in [0.717, 1.165) is 0 Å². The molecule has 0 aliphatic rings. The highest BCUT2D eigenvalue weighted by Crippen LogP contribution is 2.44. The van der Waals surface area contributed by atoms with E-state index in [1.54, 1.807) is 38.2 Å². The second kappa shape index (κ2) is 8.16. The van der Waals surface area contributed by atoms with Gasteiger partial charge in [0.25, 0.3) is 0 Å². The standard InChI is InChI=1S/C18H21ClN6O3S2/c1-8(26)11-15-13(20-17(29-15)24(9(2)27)22(4)5)12(19)14-16(11)30-18(21-14)25(10(3)28)23(6)7/h1-7H3. The van der Waals surface area contributed by atoms with Gasteiger partial charge in [-0.1, -0.05) is 34.3 Å². The van der Waals surface area contributed by atoms with Gasteiger partial charge in [0.05, 0.1) is 20.0 Å². The number of thiazole rings is 2. The second-order valence-corrected chi connectivity index (χ2v) is 9.28. The number of rotatable bonds is 5. The molecule has 12 heteroatoms. The van der Waals surface area contributed by atoms with Crippen LogP contribution in [0.3, 0.4) is 0 Å². The van der Waals surface area contributed by atoms with Gasteiger partial charge in [0.15, 0.2) is 5.78 Å². The molecule has 0 aliphatic heterocycles. The molecular formula is C18H21ClN6O3S2. The maximum atomic E-state index is 12.6. The van der Waals surface area contributed by atoms with Crippen molar-refractivity contribution in [1.29, 1.82) is 0 Å². The number of carbonyl (C=O) groups excluding carboxylic acids is 3. The maximum Gasteiger partial charge on any atom is 0.240 e. The Hall–Kier alpha value is -2.18. The third-order valence-electron chi connectivity index (χ3n) is 4.21. The molecule has 160 valence electrons. The molecule has 9 nitrogen and oxygen atoms in total. The molecule has 0 saturated heterocycles. The molecule has 3 rings (SSSR count). The van der Waals surface area contributed by atoms with Crippen molar-refractivity contribution in [3.8, 4) is 0 Å². The lowest BCUT2D eigenvalue weighted by molar-refractivity contribution is -0.119. The average Bonchev–Trinajstić information content (AvgIpc) is 3.18. The topological polar surface area (TPSA) is 90.0 Å². The molecule has 2 amide bonds. The summed E-state index contributed by atoms with van der Waals surface area (Å²) in [5, 5.41) is 7.12. The van der Waals surface area contributed by atoms with Crippen molar-refractivity contribution in [3.63, 3.8) is 0 Å². The van der Waals surface area contributed by atoms with Gasteiger partial charge in [0, 0.05) is 42.0 Å². The van der Waals surface area contributed by atoms with Crippen LogP contribution >= 0.6 is 34.3 Å². The van der Waals surface area contributed by atoms with Gasteiger partial charge in [-0.2, -0.15) is 0 Å². The van der Waals surface area contributed by atoms with Crippen molar-refractivity contribution < 1.29 is 14.4 Å². The Morgan fingerprint density at radius 3 is 1.40 bits per heavy atom. The summed E-state index contributed by atoms with van der Waals surface area (Å²) in [6, 6.07) is 0. The zero-order chi connectivity index (χ0) is 22.5. The number of aromatic nitrogens is 2. The minimum Gasteiger partial charge on any atom is -0.294 e. The first-order valence-electron chi connectivity index (χ1n) is 8.85. The molecule has 2 aromatic heterocycles. The lowest BCUT2D eigenvalue weighted by Crippen LogP contribution is -2.40. The van der Waals surface area contributed by atoms with E-state index in [1.807, 2.05) is 0 Å². The first-order valence-corrected chi connectivity index (χ1v) is 10.9. The fraction of sp³-hybridized carbons (Fsp3) is 0.389. The molecule has 0 radical (unpaired) electrons. The number of hydrogen-bond acceptors (Lipinski definition) is 9. The van der Waals surface area contributed by atoms with E-state index < -0.39 is 0 Å². The number of ketones is 1. The van der Waals surface area contributed by atoms with Crippen LogP contribution in [-0.2, 0) is 9.59 Å². The quantitative estimate of drug-likeness (QED) is 0.418. The summed E-state index contributed by atoms with van der Waals surface area (Å²) in [6.07, 6.45) is 0. The van der Waals surface area contributed by atoms with Crippen LogP contribution in [0.4, 0.5) is 10.3 Å². The minimum absolute atomic E-state index is 0.175. The SMILES string of the molecule is CC(=O)c1c2sc(N(C(C)=O)N(C)C)nc2c(Cl)c2nc(N(C(C)=O)N(C)C)sc12. The third kappa shape index (κ3) is 3.67. The van der Waals surface area contributed by atoms with Crippen molar-refractivity contribution in [1.82, 2.24) is 20.0 Å². The highest BCUT2D eigenvalue weighted by atomic mass is 35.5. The van der Waals surface area contributed by atoms with Crippen molar-refractivity contribution in [2.24, 2.45) is 0 Å². The summed E-state index contributed by atoms with van der Waals surface area (Å²) in [6.45, 7) is 4.33. The number of carbonyl (C=O) groups is 3. The molecule has 0 fully saturated rings. The molecule has 2 heterocycles. The lowest BCUT2D eigenvalue weighted by Gasteiger charge is -2.24. The van der Waals surface area contributed by atoms with Crippen LogP contribution in [-0.4, -0.2) is 65.8 Å². The highest BCUT2D eigenvalue weighted by Gasteiger charge is 2.28. The molecule has 3 aromatic rings. The van der Waals surface area contributed by atoms with Gasteiger partial charge in [-0.05, 0) is 6.92 Å². The fourth-order valence-electron chi connectivity index (χ4n) is 3.15. The number of nitrogens with zero attached hydrogens (tertiary/aromatic N) is 6. The van der Waals surface area contributed by atoms with Crippen molar-refractivity contribution >= 4 is 82.6 Å². The van der Waals surface area contributed by atoms with Gasteiger partial charge in [-0.15, -0.1) is 0 Å². The Labute approximate surface area is 186 Å².